The number of carbonyl (C=O) groups is 1. The van der Waals surface area contributed by atoms with Crippen molar-refractivity contribution in [1.82, 2.24) is 24.9 Å². The quantitative estimate of drug-likeness (QED) is 0.443. The lowest BCUT2D eigenvalue weighted by Gasteiger charge is -2.29. The molecule has 1 saturated heterocycles. The van der Waals surface area contributed by atoms with Crippen LogP contribution >= 0.6 is 0 Å². The predicted octanol–water partition coefficient (Wildman–Crippen LogP) is 2.87. The van der Waals surface area contributed by atoms with Gasteiger partial charge in [-0.25, -0.2) is 9.78 Å². The van der Waals surface area contributed by atoms with E-state index in [2.05, 4.69) is 37.9 Å². The molecule has 1 aliphatic rings. The van der Waals surface area contributed by atoms with E-state index in [1.165, 1.54) is 0 Å². The van der Waals surface area contributed by atoms with Crippen molar-refractivity contribution < 1.29 is 9.90 Å². The van der Waals surface area contributed by atoms with E-state index < -0.39 is 5.97 Å². The van der Waals surface area contributed by atoms with Gasteiger partial charge in [-0.2, -0.15) is 0 Å². The number of hydrogen-bond donors (Lipinski definition) is 3. The smallest absolute Gasteiger partial charge is 0.337 e. The number of aromatic carboxylic acids is 1. The fraction of sp³-hybridized carbons (Fsp3) is 0.304. The summed E-state index contributed by atoms with van der Waals surface area (Å²) >= 11 is 0. The Kier molecular flexibility index (Phi) is 5.10. The molecule has 9 heteroatoms. The maximum Gasteiger partial charge on any atom is 0.337 e. The summed E-state index contributed by atoms with van der Waals surface area (Å²) < 4.78 is 1.95. The molecule has 0 unspecified atom stereocenters. The van der Waals surface area contributed by atoms with Gasteiger partial charge < -0.3 is 20.6 Å². The second-order valence-electron chi connectivity index (χ2n) is 8.14. The van der Waals surface area contributed by atoms with Gasteiger partial charge in [-0.05, 0) is 37.6 Å². The van der Waals surface area contributed by atoms with Gasteiger partial charge >= 0.3 is 5.97 Å². The Labute approximate surface area is 185 Å². The van der Waals surface area contributed by atoms with Crippen molar-refractivity contribution in [1.29, 1.82) is 0 Å². The number of aromatic nitrogens is 4. The van der Waals surface area contributed by atoms with Gasteiger partial charge in [-0.3, -0.25) is 4.40 Å². The van der Waals surface area contributed by atoms with E-state index in [4.69, 9.17) is 4.98 Å². The highest BCUT2D eigenvalue weighted by atomic mass is 16.4. The van der Waals surface area contributed by atoms with E-state index in [1.54, 1.807) is 24.5 Å². The van der Waals surface area contributed by atoms with Crippen molar-refractivity contribution in [2.24, 2.45) is 0 Å². The second-order valence-corrected chi connectivity index (χ2v) is 8.14. The van der Waals surface area contributed by atoms with Gasteiger partial charge in [-0.1, -0.05) is 18.2 Å². The molecule has 9 nitrogen and oxygen atoms in total. The summed E-state index contributed by atoms with van der Waals surface area (Å²) in [5.74, 6) is -0.138. The number of carboxylic acids is 1. The van der Waals surface area contributed by atoms with Gasteiger partial charge in [0.1, 0.15) is 6.33 Å². The molecule has 1 aliphatic heterocycles. The number of nitrogens with one attached hydrogen (secondary N) is 2. The summed E-state index contributed by atoms with van der Waals surface area (Å²) in [6, 6.07) is 11.0. The standard InChI is InChI=1S/C23H25N7O2/c1-14-11-17(15(2)26-19-6-4-3-5-16(19)22(31)32)20-18(12-14)21-28-25-13-30(21)23(27-20)29-9-7-24-8-10-29/h3-6,11-13,15,24,26H,7-10H2,1-2H3,(H,31,32)/t15-/m1/s1. The number of benzene rings is 2. The number of fused-ring (bicyclic) bond motifs is 3. The Morgan fingerprint density at radius 1 is 1.22 bits per heavy atom. The molecule has 5 rings (SSSR count). The minimum atomic E-state index is -0.960. The average Bonchev–Trinajstić information content (AvgIpc) is 3.29. The lowest BCUT2D eigenvalue weighted by Crippen LogP contribution is -2.44. The summed E-state index contributed by atoms with van der Waals surface area (Å²) in [6.07, 6.45) is 1.71. The Hall–Kier alpha value is -3.72. The van der Waals surface area contributed by atoms with Crippen LogP contribution in [0.1, 0.15) is 34.5 Å². The van der Waals surface area contributed by atoms with Crippen LogP contribution in [0, 0.1) is 6.92 Å². The fourth-order valence-electron chi connectivity index (χ4n) is 4.35. The maximum atomic E-state index is 11.7. The van der Waals surface area contributed by atoms with E-state index >= 15 is 0 Å². The zero-order valence-electron chi connectivity index (χ0n) is 18.0. The summed E-state index contributed by atoms with van der Waals surface area (Å²) in [6.45, 7) is 7.56. The molecule has 4 aromatic rings. The third-order valence-electron chi connectivity index (χ3n) is 5.90. The third-order valence-corrected chi connectivity index (χ3v) is 5.90. The molecule has 1 fully saturated rings. The molecule has 2 aromatic carbocycles. The average molecular weight is 432 g/mol. The maximum absolute atomic E-state index is 11.7. The van der Waals surface area contributed by atoms with Crippen LogP contribution in [0.4, 0.5) is 11.6 Å². The number of nitrogens with zero attached hydrogens (tertiary/aromatic N) is 5. The molecule has 0 amide bonds. The summed E-state index contributed by atoms with van der Waals surface area (Å²) in [4.78, 5) is 19.0. The molecule has 0 radical (unpaired) electrons. The Morgan fingerprint density at radius 3 is 2.78 bits per heavy atom. The van der Waals surface area contributed by atoms with Gasteiger partial charge in [0.15, 0.2) is 5.65 Å². The topological polar surface area (TPSA) is 108 Å². The van der Waals surface area contributed by atoms with Crippen molar-refractivity contribution in [2.75, 3.05) is 36.4 Å². The molecule has 1 atom stereocenters. The van der Waals surface area contributed by atoms with E-state index in [0.717, 1.165) is 59.8 Å². The van der Waals surface area contributed by atoms with Gasteiger partial charge in [0.2, 0.25) is 5.95 Å². The first-order valence-corrected chi connectivity index (χ1v) is 10.7. The third kappa shape index (κ3) is 3.50. The minimum Gasteiger partial charge on any atom is -0.478 e. The number of piperazine rings is 1. The van der Waals surface area contributed by atoms with Crippen LogP contribution < -0.4 is 15.5 Å². The first kappa shape index (κ1) is 20.2. The van der Waals surface area contributed by atoms with Gasteiger partial charge in [0.25, 0.3) is 0 Å². The van der Waals surface area contributed by atoms with Crippen LogP contribution in [0.5, 0.6) is 0 Å². The van der Waals surface area contributed by atoms with E-state index in [1.807, 2.05) is 24.3 Å². The molecule has 164 valence electrons. The van der Waals surface area contributed by atoms with Gasteiger partial charge in [-0.15, -0.1) is 10.2 Å². The number of anilines is 2. The summed E-state index contributed by atoms with van der Waals surface area (Å²) in [5, 5.41) is 25.8. The van der Waals surface area contributed by atoms with Gasteiger partial charge in [0, 0.05) is 42.8 Å². The largest absolute Gasteiger partial charge is 0.478 e. The molecule has 3 heterocycles. The Balaban J connectivity index is 1.65. The van der Waals surface area contributed by atoms with Crippen molar-refractivity contribution in [3.05, 3.63) is 59.4 Å². The Bertz CT molecular complexity index is 1310. The zero-order chi connectivity index (χ0) is 22.2. The van der Waals surface area contributed by atoms with Crippen LogP contribution in [0.25, 0.3) is 16.6 Å². The monoisotopic (exact) mass is 431 g/mol. The van der Waals surface area contributed by atoms with Crippen LogP contribution in [0.3, 0.4) is 0 Å². The summed E-state index contributed by atoms with van der Waals surface area (Å²) in [5.41, 5.74) is 4.50. The number of para-hydroxylation sites is 1. The highest BCUT2D eigenvalue weighted by molar-refractivity contribution is 5.96. The van der Waals surface area contributed by atoms with Crippen molar-refractivity contribution in [2.45, 2.75) is 19.9 Å². The van der Waals surface area contributed by atoms with Gasteiger partial charge in [0.05, 0.1) is 17.1 Å². The molecule has 2 aromatic heterocycles. The first-order valence-electron chi connectivity index (χ1n) is 10.7. The predicted molar refractivity (Wildman–Crippen MR) is 124 cm³/mol. The van der Waals surface area contributed by atoms with Crippen molar-refractivity contribution in [3.63, 3.8) is 0 Å². The van der Waals surface area contributed by atoms with E-state index in [-0.39, 0.29) is 11.6 Å². The second kappa shape index (κ2) is 8.08. The van der Waals surface area contributed by atoms with Crippen LogP contribution in [0.2, 0.25) is 0 Å². The fourth-order valence-corrected chi connectivity index (χ4v) is 4.35. The van der Waals surface area contributed by atoms with Crippen molar-refractivity contribution in [3.8, 4) is 0 Å². The molecule has 0 spiro atoms. The van der Waals surface area contributed by atoms with Crippen molar-refractivity contribution >= 4 is 34.2 Å². The zero-order valence-corrected chi connectivity index (χ0v) is 18.0. The molecular weight excluding hydrogens is 406 g/mol. The molecule has 0 bridgehead atoms. The molecular formula is C23H25N7O2. The molecule has 0 aliphatic carbocycles. The summed E-state index contributed by atoms with van der Waals surface area (Å²) in [7, 11) is 0. The van der Waals surface area contributed by atoms with Crippen LogP contribution in [-0.4, -0.2) is 56.8 Å². The normalized spacial score (nSPS) is 15.2. The lowest BCUT2D eigenvalue weighted by atomic mass is 10.0. The molecule has 3 N–H and O–H groups in total. The molecule has 0 saturated carbocycles. The number of carboxylic acid groups (broad SMARTS) is 1. The minimum absolute atomic E-state index is 0.174. The lowest BCUT2D eigenvalue weighted by molar-refractivity contribution is 0.0698. The Morgan fingerprint density at radius 2 is 2.00 bits per heavy atom. The van der Waals surface area contributed by atoms with Crippen LogP contribution in [-0.2, 0) is 0 Å². The highest BCUT2D eigenvalue weighted by Gasteiger charge is 2.22. The van der Waals surface area contributed by atoms with E-state index in [9.17, 15) is 9.90 Å². The first-order chi connectivity index (χ1) is 15.5. The molecule has 32 heavy (non-hydrogen) atoms. The van der Waals surface area contributed by atoms with E-state index in [0.29, 0.717) is 5.69 Å². The number of aryl methyl sites for hydroxylation is 1. The highest BCUT2D eigenvalue weighted by Crippen LogP contribution is 2.32. The number of rotatable bonds is 5. The SMILES string of the molecule is Cc1cc([C@@H](C)Nc2ccccc2C(=O)O)c2nc(N3CCNCC3)n3cnnc3c2c1. The van der Waals surface area contributed by atoms with Crippen LogP contribution in [0.15, 0.2) is 42.7 Å². The number of hydrogen-bond acceptors (Lipinski definition) is 7.